The van der Waals surface area contributed by atoms with Gasteiger partial charge in [0.25, 0.3) is 0 Å². The van der Waals surface area contributed by atoms with Crippen LogP contribution in [0.2, 0.25) is 0 Å². The Labute approximate surface area is 84.9 Å². The van der Waals surface area contributed by atoms with Crippen LogP contribution in [-0.4, -0.2) is 16.3 Å². The number of rotatable bonds is 1. The lowest BCUT2D eigenvalue weighted by atomic mass is 10.1. The molecule has 1 aliphatic rings. The first-order valence-electron chi connectivity index (χ1n) is 4.51. The van der Waals surface area contributed by atoms with E-state index >= 15 is 0 Å². The Morgan fingerprint density at radius 3 is 2.85 bits per heavy atom. The smallest absolute Gasteiger partial charge is 0.0641 e. The van der Waals surface area contributed by atoms with Crippen LogP contribution in [-0.2, 0) is 7.05 Å². The minimum atomic E-state index is 0. The molecule has 1 unspecified atom stereocenters. The molecule has 1 aliphatic heterocycles. The summed E-state index contributed by atoms with van der Waals surface area (Å²) in [6.45, 7) is 3.23. The molecule has 2 heterocycles. The fraction of sp³-hybridized carbons (Fsp3) is 0.667. The number of nitrogens with zero attached hydrogens (tertiary/aromatic N) is 2. The molecule has 1 saturated heterocycles. The lowest BCUT2D eigenvalue weighted by Gasteiger charge is -2.07. The quantitative estimate of drug-likeness (QED) is 0.748. The summed E-state index contributed by atoms with van der Waals surface area (Å²) in [6, 6.07) is 0.554. The Bertz CT molecular complexity index is 276. The molecule has 0 aromatic carbocycles. The molecule has 1 aromatic rings. The van der Waals surface area contributed by atoms with Gasteiger partial charge in [-0.25, -0.2) is 0 Å². The van der Waals surface area contributed by atoms with E-state index in [0.29, 0.717) is 6.04 Å². The third-order valence-corrected chi connectivity index (χ3v) is 2.49. The molecule has 1 N–H and O–H groups in total. The van der Waals surface area contributed by atoms with Crippen molar-refractivity contribution in [1.82, 2.24) is 15.1 Å². The second kappa shape index (κ2) is 4.11. The zero-order valence-corrected chi connectivity index (χ0v) is 8.90. The van der Waals surface area contributed by atoms with Gasteiger partial charge in [0.05, 0.1) is 5.69 Å². The average Bonchev–Trinajstić information content (AvgIpc) is 2.58. The SMILES string of the molecule is Cc1nn(C)cc1C1CCCN1.Cl. The van der Waals surface area contributed by atoms with E-state index < -0.39 is 0 Å². The number of halogens is 1. The van der Waals surface area contributed by atoms with Gasteiger partial charge in [-0.05, 0) is 26.3 Å². The van der Waals surface area contributed by atoms with Crippen LogP contribution in [0.25, 0.3) is 0 Å². The van der Waals surface area contributed by atoms with Crippen molar-refractivity contribution in [2.75, 3.05) is 6.54 Å². The summed E-state index contributed by atoms with van der Waals surface area (Å²) >= 11 is 0. The molecule has 1 atom stereocenters. The van der Waals surface area contributed by atoms with Crippen LogP contribution in [0.4, 0.5) is 0 Å². The van der Waals surface area contributed by atoms with Crippen LogP contribution in [0, 0.1) is 6.92 Å². The number of hydrogen-bond donors (Lipinski definition) is 1. The lowest BCUT2D eigenvalue weighted by Crippen LogP contribution is -2.12. The van der Waals surface area contributed by atoms with Gasteiger partial charge in [-0.15, -0.1) is 12.4 Å². The summed E-state index contributed by atoms with van der Waals surface area (Å²) in [6.07, 6.45) is 4.67. The summed E-state index contributed by atoms with van der Waals surface area (Å²) < 4.78 is 1.89. The van der Waals surface area contributed by atoms with E-state index in [1.807, 2.05) is 11.7 Å². The highest BCUT2D eigenvalue weighted by atomic mass is 35.5. The molecule has 0 saturated carbocycles. The van der Waals surface area contributed by atoms with Gasteiger partial charge in [0, 0.05) is 24.8 Å². The Morgan fingerprint density at radius 2 is 2.38 bits per heavy atom. The van der Waals surface area contributed by atoms with E-state index in [2.05, 4.69) is 23.5 Å². The van der Waals surface area contributed by atoms with Gasteiger partial charge in [0.15, 0.2) is 0 Å². The van der Waals surface area contributed by atoms with Crippen LogP contribution >= 0.6 is 12.4 Å². The Balaban J connectivity index is 0.000000845. The van der Waals surface area contributed by atoms with Gasteiger partial charge in [-0.1, -0.05) is 0 Å². The fourth-order valence-corrected chi connectivity index (χ4v) is 1.91. The van der Waals surface area contributed by atoms with Gasteiger partial charge >= 0.3 is 0 Å². The van der Waals surface area contributed by atoms with Crippen LogP contribution in [0.1, 0.15) is 30.1 Å². The van der Waals surface area contributed by atoms with Crippen LogP contribution < -0.4 is 5.32 Å². The highest BCUT2D eigenvalue weighted by Gasteiger charge is 2.19. The zero-order chi connectivity index (χ0) is 8.55. The number of hydrogen-bond acceptors (Lipinski definition) is 2. The molecular weight excluding hydrogens is 186 g/mol. The van der Waals surface area contributed by atoms with Crippen LogP contribution in [0.15, 0.2) is 6.20 Å². The second-order valence-corrected chi connectivity index (χ2v) is 3.49. The van der Waals surface area contributed by atoms with Crippen molar-refractivity contribution in [2.24, 2.45) is 7.05 Å². The first-order valence-corrected chi connectivity index (χ1v) is 4.51. The predicted molar refractivity (Wildman–Crippen MR) is 55.2 cm³/mol. The molecule has 0 spiro atoms. The maximum absolute atomic E-state index is 4.33. The van der Waals surface area contributed by atoms with Crippen molar-refractivity contribution < 1.29 is 0 Å². The summed E-state index contributed by atoms with van der Waals surface area (Å²) in [5.41, 5.74) is 2.53. The maximum Gasteiger partial charge on any atom is 0.0641 e. The molecule has 13 heavy (non-hydrogen) atoms. The number of aryl methyl sites for hydroxylation is 2. The van der Waals surface area contributed by atoms with E-state index in [-0.39, 0.29) is 12.4 Å². The van der Waals surface area contributed by atoms with E-state index in [0.717, 1.165) is 12.2 Å². The largest absolute Gasteiger partial charge is 0.310 e. The molecule has 3 nitrogen and oxygen atoms in total. The van der Waals surface area contributed by atoms with Crippen molar-refractivity contribution >= 4 is 12.4 Å². The van der Waals surface area contributed by atoms with Crippen LogP contribution in [0.5, 0.6) is 0 Å². The normalized spacial score (nSPS) is 21.5. The summed E-state index contributed by atoms with van der Waals surface area (Å²) in [4.78, 5) is 0. The summed E-state index contributed by atoms with van der Waals surface area (Å²) in [5, 5.41) is 7.81. The number of aromatic nitrogens is 2. The van der Waals surface area contributed by atoms with Gasteiger partial charge in [0.1, 0.15) is 0 Å². The average molecular weight is 202 g/mol. The van der Waals surface area contributed by atoms with Crippen molar-refractivity contribution in [2.45, 2.75) is 25.8 Å². The summed E-state index contributed by atoms with van der Waals surface area (Å²) in [5.74, 6) is 0. The Kier molecular flexibility index (Phi) is 3.33. The van der Waals surface area contributed by atoms with E-state index in [4.69, 9.17) is 0 Å². The Morgan fingerprint density at radius 1 is 1.62 bits per heavy atom. The third-order valence-electron chi connectivity index (χ3n) is 2.49. The van der Waals surface area contributed by atoms with Crippen LogP contribution in [0.3, 0.4) is 0 Å². The van der Waals surface area contributed by atoms with E-state index in [1.54, 1.807) is 0 Å². The van der Waals surface area contributed by atoms with Crippen molar-refractivity contribution in [1.29, 1.82) is 0 Å². The molecule has 1 aromatic heterocycles. The van der Waals surface area contributed by atoms with Crippen molar-refractivity contribution in [3.8, 4) is 0 Å². The molecule has 1 fully saturated rings. The van der Waals surface area contributed by atoms with Gasteiger partial charge < -0.3 is 5.32 Å². The Hall–Kier alpha value is -0.540. The molecule has 4 heteroatoms. The molecule has 0 aliphatic carbocycles. The minimum Gasteiger partial charge on any atom is -0.310 e. The molecule has 0 amide bonds. The predicted octanol–water partition coefficient (Wildman–Crippen LogP) is 1.57. The molecular formula is C9H16ClN3. The zero-order valence-electron chi connectivity index (χ0n) is 8.08. The second-order valence-electron chi connectivity index (χ2n) is 3.49. The maximum atomic E-state index is 4.33. The molecule has 0 bridgehead atoms. The third kappa shape index (κ3) is 2.03. The van der Waals surface area contributed by atoms with Crippen molar-refractivity contribution in [3.63, 3.8) is 0 Å². The van der Waals surface area contributed by atoms with Crippen molar-refractivity contribution in [3.05, 3.63) is 17.5 Å². The topological polar surface area (TPSA) is 29.9 Å². The standard InChI is InChI=1S/C9H15N3.ClH/c1-7-8(6-12(2)11-7)9-4-3-5-10-9;/h6,9-10H,3-5H2,1-2H3;1H. The molecule has 2 rings (SSSR count). The van der Waals surface area contributed by atoms with Gasteiger partial charge in [-0.2, -0.15) is 5.10 Å². The molecule has 74 valence electrons. The van der Waals surface area contributed by atoms with E-state index in [1.165, 1.54) is 18.4 Å². The van der Waals surface area contributed by atoms with Gasteiger partial charge in [-0.3, -0.25) is 4.68 Å². The highest BCUT2D eigenvalue weighted by molar-refractivity contribution is 5.85. The number of nitrogens with one attached hydrogen (secondary N) is 1. The fourth-order valence-electron chi connectivity index (χ4n) is 1.91. The van der Waals surface area contributed by atoms with Gasteiger partial charge in [0.2, 0.25) is 0 Å². The lowest BCUT2D eigenvalue weighted by molar-refractivity contribution is 0.643. The monoisotopic (exact) mass is 201 g/mol. The first-order chi connectivity index (χ1) is 5.77. The van der Waals surface area contributed by atoms with E-state index in [9.17, 15) is 0 Å². The molecule has 0 radical (unpaired) electrons. The first kappa shape index (κ1) is 10.5. The summed E-state index contributed by atoms with van der Waals surface area (Å²) in [7, 11) is 1.98. The minimum absolute atomic E-state index is 0. The highest BCUT2D eigenvalue weighted by Crippen LogP contribution is 2.24.